The molecule has 0 fully saturated rings. The Balaban J connectivity index is 1.52. The highest BCUT2D eigenvalue weighted by molar-refractivity contribution is 8.00. The number of benzene rings is 4. The Morgan fingerprint density at radius 3 is 1.87 bits per heavy atom. The molecule has 0 saturated carbocycles. The maximum absolute atomic E-state index is 13.3. The number of aromatic carboxylic acids is 2. The number of carboxylic acids is 2. The van der Waals surface area contributed by atoms with E-state index in [4.69, 9.17) is 0 Å². The normalized spacial score (nSPS) is 11.3. The van der Waals surface area contributed by atoms with Gasteiger partial charge in [0.1, 0.15) is 16.6 Å². The predicted octanol–water partition coefficient (Wildman–Crippen LogP) is 5.51. The largest absolute Gasteiger partial charge is 0.507 e. The fourth-order valence-electron chi connectivity index (χ4n) is 3.71. The summed E-state index contributed by atoms with van der Waals surface area (Å²) in [5.74, 6) is -3.91. The van der Waals surface area contributed by atoms with Gasteiger partial charge in [0.2, 0.25) is 5.91 Å². The Morgan fingerprint density at radius 2 is 1.23 bits per heavy atom. The summed E-state index contributed by atoms with van der Waals surface area (Å²) >= 11 is 1.24. The lowest BCUT2D eigenvalue weighted by Crippen LogP contribution is -2.19. The van der Waals surface area contributed by atoms with Gasteiger partial charge in [0, 0.05) is 16.3 Å². The fraction of sp³-hybridized carbons (Fsp3) is 0.0345. The van der Waals surface area contributed by atoms with Gasteiger partial charge in [-0.25, -0.2) is 9.59 Å². The minimum absolute atomic E-state index is 0.0320. The van der Waals surface area contributed by atoms with Crippen molar-refractivity contribution in [3.05, 3.63) is 119 Å². The molecule has 196 valence electrons. The molecule has 1 atom stereocenters. The average Bonchev–Trinajstić information content (AvgIpc) is 2.93. The molecule has 4 rings (SSSR count). The lowest BCUT2D eigenvalue weighted by molar-refractivity contribution is -0.115. The van der Waals surface area contributed by atoms with Crippen LogP contribution in [0.3, 0.4) is 0 Å². The van der Waals surface area contributed by atoms with Crippen molar-refractivity contribution in [1.29, 1.82) is 0 Å². The molecule has 0 bridgehead atoms. The van der Waals surface area contributed by atoms with Crippen LogP contribution in [0.25, 0.3) is 0 Å². The molecule has 0 aromatic heterocycles. The van der Waals surface area contributed by atoms with Crippen LogP contribution < -0.4 is 10.6 Å². The SMILES string of the molecule is O=C(O)c1cc(NC(=O)C(Sc2ccc(NC(=O)c3ccccc3C(=O)O)cc2)c2ccccc2)ccc1O. The Kier molecular flexibility index (Phi) is 8.27. The van der Waals surface area contributed by atoms with Gasteiger partial charge in [-0.1, -0.05) is 42.5 Å². The van der Waals surface area contributed by atoms with Gasteiger partial charge in [-0.3, -0.25) is 9.59 Å². The third-order valence-corrected chi connectivity index (χ3v) is 6.87. The van der Waals surface area contributed by atoms with Gasteiger partial charge in [0.25, 0.3) is 5.91 Å². The molecule has 0 heterocycles. The molecule has 0 aliphatic heterocycles. The van der Waals surface area contributed by atoms with E-state index in [1.165, 1.54) is 48.2 Å². The molecule has 0 spiro atoms. The first kappa shape index (κ1) is 27.0. The van der Waals surface area contributed by atoms with Crippen LogP contribution in [-0.4, -0.2) is 39.1 Å². The number of carboxylic acid groups (broad SMARTS) is 2. The second-order valence-corrected chi connectivity index (χ2v) is 9.44. The maximum atomic E-state index is 13.3. The predicted molar refractivity (Wildman–Crippen MR) is 147 cm³/mol. The Labute approximate surface area is 227 Å². The number of hydrogen-bond donors (Lipinski definition) is 5. The van der Waals surface area contributed by atoms with Crippen molar-refractivity contribution in [2.75, 3.05) is 10.6 Å². The highest BCUT2D eigenvalue weighted by Crippen LogP contribution is 2.37. The first-order valence-electron chi connectivity index (χ1n) is 11.6. The number of nitrogens with one attached hydrogen (secondary N) is 2. The second kappa shape index (κ2) is 12.0. The van der Waals surface area contributed by atoms with Crippen LogP contribution in [0.1, 0.15) is 41.9 Å². The summed E-state index contributed by atoms with van der Waals surface area (Å²) in [6, 6.07) is 25.4. The number of rotatable bonds is 9. The lowest BCUT2D eigenvalue weighted by atomic mass is 10.1. The summed E-state index contributed by atoms with van der Waals surface area (Å²) in [6.07, 6.45) is 0. The second-order valence-electron chi connectivity index (χ2n) is 8.26. The molecule has 10 heteroatoms. The van der Waals surface area contributed by atoms with Crippen molar-refractivity contribution in [2.24, 2.45) is 0 Å². The standard InChI is InChI=1S/C29H22N2O7S/c32-24-15-12-19(16-23(24)29(37)38)31-27(34)25(17-6-2-1-3-7-17)39-20-13-10-18(11-14-20)30-26(33)21-8-4-5-9-22(21)28(35)36/h1-16,25,32H,(H,30,33)(H,31,34)(H,35,36)(H,37,38). The van der Waals surface area contributed by atoms with Crippen molar-refractivity contribution in [3.63, 3.8) is 0 Å². The third-order valence-electron chi connectivity index (χ3n) is 5.60. The molecule has 0 saturated heterocycles. The summed E-state index contributed by atoms with van der Waals surface area (Å²) in [5.41, 5.74) is 0.958. The van der Waals surface area contributed by atoms with Crippen LogP contribution in [0.5, 0.6) is 5.75 Å². The zero-order chi connectivity index (χ0) is 27.9. The summed E-state index contributed by atoms with van der Waals surface area (Å²) in [5, 5.41) is 33.0. The van der Waals surface area contributed by atoms with Crippen LogP contribution in [0.2, 0.25) is 0 Å². The van der Waals surface area contributed by atoms with Crippen molar-refractivity contribution < 1.29 is 34.5 Å². The Bertz CT molecular complexity index is 1540. The number of hydrogen-bond acceptors (Lipinski definition) is 6. The van der Waals surface area contributed by atoms with Crippen LogP contribution in [0.4, 0.5) is 11.4 Å². The molecule has 2 amide bonds. The molecule has 4 aromatic rings. The minimum atomic E-state index is -1.32. The third kappa shape index (κ3) is 6.62. The first-order chi connectivity index (χ1) is 18.7. The van der Waals surface area contributed by atoms with E-state index in [2.05, 4.69) is 10.6 Å². The smallest absolute Gasteiger partial charge is 0.339 e. The van der Waals surface area contributed by atoms with E-state index in [1.807, 2.05) is 6.07 Å². The molecule has 0 aliphatic carbocycles. The van der Waals surface area contributed by atoms with Crippen LogP contribution >= 0.6 is 11.8 Å². The van der Waals surface area contributed by atoms with E-state index in [0.29, 0.717) is 16.1 Å². The monoisotopic (exact) mass is 542 g/mol. The van der Waals surface area contributed by atoms with Gasteiger partial charge >= 0.3 is 11.9 Å². The van der Waals surface area contributed by atoms with Crippen LogP contribution in [-0.2, 0) is 4.79 Å². The molecule has 5 N–H and O–H groups in total. The quantitative estimate of drug-likeness (QED) is 0.137. The summed E-state index contributed by atoms with van der Waals surface area (Å²) in [4.78, 5) is 49.4. The van der Waals surface area contributed by atoms with E-state index < -0.39 is 34.8 Å². The van der Waals surface area contributed by atoms with E-state index >= 15 is 0 Å². The topological polar surface area (TPSA) is 153 Å². The molecule has 4 aromatic carbocycles. The highest BCUT2D eigenvalue weighted by Gasteiger charge is 2.23. The molecule has 1 unspecified atom stereocenters. The number of carbonyl (C=O) groups excluding carboxylic acids is 2. The number of carbonyl (C=O) groups is 4. The number of phenols is 1. The fourth-order valence-corrected chi connectivity index (χ4v) is 4.74. The molecular formula is C29H22N2O7S. The summed E-state index contributed by atoms with van der Waals surface area (Å²) in [7, 11) is 0. The zero-order valence-corrected chi connectivity index (χ0v) is 21.0. The number of aromatic hydroxyl groups is 1. The maximum Gasteiger partial charge on any atom is 0.339 e. The zero-order valence-electron chi connectivity index (χ0n) is 20.2. The Hall–Kier alpha value is -5.09. The van der Waals surface area contributed by atoms with Crippen molar-refractivity contribution >= 4 is 46.9 Å². The van der Waals surface area contributed by atoms with Gasteiger partial charge in [-0.05, 0) is 60.2 Å². The molecule has 9 nitrogen and oxygen atoms in total. The van der Waals surface area contributed by atoms with E-state index in [1.54, 1.807) is 54.6 Å². The molecular weight excluding hydrogens is 520 g/mol. The van der Waals surface area contributed by atoms with Gasteiger partial charge in [0.05, 0.1) is 11.1 Å². The minimum Gasteiger partial charge on any atom is -0.507 e. The van der Waals surface area contributed by atoms with E-state index in [-0.39, 0.29) is 22.4 Å². The van der Waals surface area contributed by atoms with Crippen LogP contribution in [0, 0.1) is 0 Å². The number of amides is 2. The molecule has 0 radical (unpaired) electrons. The van der Waals surface area contributed by atoms with E-state index in [0.717, 1.165) is 0 Å². The summed E-state index contributed by atoms with van der Waals surface area (Å²) < 4.78 is 0. The van der Waals surface area contributed by atoms with Crippen molar-refractivity contribution in [3.8, 4) is 5.75 Å². The Morgan fingerprint density at radius 1 is 0.641 bits per heavy atom. The van der Waals surface area contributed by atoms with E-state index in [9.17, 15) is 34.5 Å². The van der Waals surface area contributed by atoms with Crippen LogP contribution in [0.15, 0.2) is 102 Å². The number of thioether (sulfide) groups is 1. The highest BCUT2D eigenvalue weighted by atomic mass is 32.2. The average molecular weight is 543 g/mol. The van der Waals surface area contributed by atoms with Gasteiger partial charge in [-0.2, -0.15) is 0 Å². The summed E-state index contributed by atoms with van der Waals surface area (Å²) in [6.45, 7) is 0. The first-order valence-corrected chi connectivity index (χ1v) is 12.4. The number of anilines is 2. The van der Waals surface area contributed by atoms with Gasteiger partial charge in [-0.15, -0.1) is 11.8 Å². The molecule has 39 heavy (non-hydrogen) atoms. The van der Waals surface area contributed by atoms with Gasteiger partial charge in [0.15, 0.2) is 0 Å². The van der Waals surface area contributed by atoms with Crippen molar-refractivity contribution in [2.45, 2.75) is 10.1 Å². The van der Waals surface area contributed by atoms with Crippen molar-refractivity contribution in [1.82, 2.24) is 0 Å². The van der Waals surface area contributed by atoms with Gasteiger partial charge < -0.3 is 26.0 Å². The molecule has 0 aliphatic rings. The lowest BCUT2D eigenvalue weighted by Gasteiger charge is -2.18.